The molecule has 0 bridgehead atoms. The van der Waals surface area contributed by atoms with Crippen LogP contribution in [0.2, 0.25) is 4.34 Å². The lowest BCUT2D eigenvalue weighted by Gasteiger charge is -2.22. The first-order chi connectivity index (χ1) is 11.9. The number of rotatable bonds is 3. The number of carbonyl (C=O) groups is 2. The third-order valence-corrected chi connectivity index (χ3v) is 8.02. The van der Waals surface area contributed by atoms with Gasteiger partial charge in [-0.05, 0) is 30.7 Å². The predicted octanol–water partition coefficient (Wildman–Crippen LogP) is 2.46. The maximum atomic E-state index is 12.7. The summed E-state index contributed by atoms with van der Waals surface area (Å²) in [7, 11) is -3.66. The van der Waals surface area contributed by atoms with Gasteiger partial charge in [0.2, 0.25) is 0 Å². The Balaban J connectivity index is 1.58. The van der Waals surface area contributed by atoms with Crippen LogP contribution in [-0.4, -0.2) is 48.6 Å². The predicted molar refractivity (Wildman–Crippen MR) is 93.4 cm³/mol. The number of carbonyl (C=O) groups excluding carboxylic acids is 2. The van der Waals surface area contributed by atoms with Crippen LogP contribution in [-0.2, 0) is 10.0 Å². The number of fused-ring (bicyclic) bond motifs is 1. The van der Waals surface area contributed by atoms with Gasteiger partial charge in [-0.25, -0.2) is 8.42 Å². The number of halogens is 1. The molecule has 1 saturated heterocycles. The molecule has 3 heterocycles. The molecule has 1 atom stereocenters. The van der Waals surface area contributed by atoms with E-state index in [1.54, 1.807) is 24.3 Å². The second-order valence-corrected chi connectivity index (χ2v) is 9.77. The molecule has 9 heteroatoms. The molecule has 0 N–H and O–H groups in total. The number of nitrogens with zero attached hydrogens (tertiary/aromatic N) is 2. The Morgan fingerprint density at radius 2 is 1.68 bits per heavy atom. The quantitative estimate of drug-likeness (QED) is 0.747. The number of hydrogen-bond acceptors (Lipinski definition) is 5. The normalized spacial score (nSPS) is 21.2. The number of thiophene rings is 1. The van der Waals surface area contributed by atoms with Crippen LogP contribution in [0.4, 0.5) is 0 Å². The number of amides is 2. The molecule has 1 fully saturated rings. The lowest BCUT2D eigenvalue weighted by atomic mass is 10.1. The van der Waals surface area contributed by atoms with E-state index in [0.717, 1.165) is 11.3 Å². The van der Waals surface area contributed by atoms with E-state index in [1.807, 2.05) is 0 Å². The van der Waals surface area contributed by atoms with E-state index >= 15 is 0 Å². The van der Waals surface area contributed by atoms with Crippen LogP contribution < -0.4 is 0 Å². The summed E-state index contributed by atoms with van der Waals surface area (Å²) < 4.78 is 27.2. The molecule has 2 aliphatic heterocycles. The molecule has 0 radical (unpaired) electrons. The molecule has 1 aromatic heterocycles. The summed E-state index contributed by atoms with van der Waals surface area (Å²) in [6.45, 7) is 0.360. The van der Waals surface area contributed by atoms with Crippen molar-refractivity contribution in [3.63, 3.8) is 0 Å². The molecule has 25 heavy (non-hydrogen) atoms. The Bertz CT molecular complexity index is 951. The van der Waals surface area contributed by atoms with Crippen molar-refractivity contribution in [3.05, 3.63) is 51.9 Å². The average Bonchev–Trinajstić information content (AvgIpc) is 3.29. The largest absolute Gasteiger partial charge is 0.270 e. The zero-order chi connectivity index (χ0) is 17.8. The Labute approximate surface area is 153 Å². The minimum absolute atomic E-state index is 0.101. The molecule has 0 aliphatic carbocycles. The van der Waals surface area contributed by atoms with Gasteiger partial charge in [-0.15, -0.1) is 11.3 Å². The summed E-state index contributed by atoms with van der Waals surface area (Å²) >= 11 is 6.83. The van der Waals surface area contributed by atoms with E-state index in [4.69, 9.17) is 11.6 Å². The fraction of sp³-hybridized carbons (Fsp3) is 0.250. The van der Waals surface area contributed by atoms with Gasteiger partial charge >= 0.3 is 0 Å². The van der Waals surface area contributed by atoms with Gasteiger partial charge in [0, 0.05) is 13.1 Å². The van der Waals surface area contributed by atoms with E-state index in [-0.39, 0.29) is 29.1 Å². The Kier molecular flexibility index (Phi) is 3.95. The highest BCUT2D eigenvalue weighted by molar-refractivity contribution is 7.91. The van der Waals surface area contributed by atoms with Crippen LogP contribution >= 0.6 is 22.9 Å². The Morgan fingerprint density at radius 3 is 2.24 bits per heavy atom. The van der Waals surface area contributed by atoms with Gasteiger partial charge in [0.1, 0.15) is 4.21 Å². The Hall–Kier alpha value is -1.74. The van der Waals surface area contributed by atoms with Gasteiger partial charge < -0.3 is 0 Å². The van der Waals surface area contributed by atoms with Crippen LogP contribution in [0.1, 0.15) is 27.1 Å². The fourth-order valence-corrected chi connectivity index (χ4v) is 6.37. The minimum atomic E-state index is -3.66. The first-order valence-electron chi connectivity index (χ1n) is 7.62. The second kappa shape index (κ2) is 5.91. The Morgan fingerprint density at radius 1 is 1.04 bits per heavy atom. The number of hydrogen-bond donors (Lipinski definition) is 0. The van der Waals surface area contributed by atoms with Crippen molar-refractivity contribution in [1.29, 1.82) is 0 Å². The summed E-state index contributed by atoms with van der Waals surface area (Å²) in [4.78, 5) is 26.3. The minimum Gasteiger partial charge on any atom is -0.270 e. The van der Waals surface area contributed by atoms with E-state index in [0.29, 0.717) is 21.9 Å². The first kappa shape index (κ1) is 16.7. The molecule has 130 valence electrons. The standard InChI is InChI=1S/C16H13ClN2O4S2/c17-13-5-6-14(24-13)25(22,23)18-8-7-10(9-18)19-15(20)11-3-1-2-4-12(11)16(19)21/h1-6,10H,7-9H2. The molecule has 6 nitrogen and oxygen atoms in total. The lowest BCUT2D eigenvalue weighted by molar-refractivity contribution is 0.0593. The van der Waals surface area contributed by atoms with E-state index in [1.165, 1.54) is 21.3 Å². The SMILES string of the molecule is O=C1c2ccccc2C(=O)N1C1CCN(S(=O)(=O)c2ccc(Cl)s2)C1. The molecular formula is C16H13ClN2O4S2. The van der Waals surface area contributed by atoms with Crippen molar-refractivity contribution in [1.82, 2.24) is 9.21 Å². The van der Waals surface area contributed by atoms with E-state index < -0.39 is 16.1 Å². The van der Waals surface area contributed by atoms with E-state index in [2.05, 4.69) is 0 Å². The van der Waals surface area contributed by atoms with Gasteiger partial charge in [-0.1, -0.05) is 23.7 Å². The van der Waals surface area contributed by atoms with Crippen LogP contribution in [0, 0.1) is 0 Å². The number of benzene rings is 1. The maximum absolute atomic E-state index is 12.7. The van der Waals surface area contributed by atoms with Crippen molar-refractivity contribution >= 4 is 44.8 Å². The summed E-state index contributed by atoms with van der Waals surface area (Å²) in [5, 5.41) is 0. The number of sulfonamides is 1. The van der Waals surface area contributed by atoms with Gasteiger partial charge in [-0.2, -0.15) is 4.31 Å². The zero-order valence-electron chi connectivity index (χ0n) is 12.9. The van der Waals surface area contributed by atoms with Crippen molar-refractivity contribution in [2.45, 2.75) is 16.7 Å². The van der Waals surface area contributed by atoms with E-state index in [9.17, 15) is 18.0 Å². The van der Waals surface area contributed by atoms with Gasteiger partial charge in [-0.3, -0.25) is 14.5 Å². The maximum Gasteiger partial charge on any atom is 0.261 e. The van der Waals surface area contributed by atoms with Crippen LogP contribution in [0.5, 0.6) is 0 Å². The molecule has 2 amide bonds. The highest BCUT2D eigenvalue weighted by Crippen LogP contribution is 2.33. The molecule has 2 aromatic rings. The molecule has 4 rings (SSSR count). The van der Waals surface area contributed by atoms with Crippen molar-refractivity contribution < 1.29 is 18.0 Å². The molecular weight excluding hydrogens is 384 g/mol. The van der Waals surface area contributed by atoms with Gasteiger partial charge in [0.15, 0.2) is 0 Å². The van der Waals surface area contributed by atoms with Crippen molar-refractivity contribution in [2.24, 2.45) is 0 Å². The molecule has 1 unspecified atom stereocenters. The summed E-state index contributed by atoms with van der Waals surface area (Å²) in [5.74, 6) is -0.715. The summed E-state index contributed by atoms with van der Waals surface area (Å²) in [6, 6.07) is 9.20. The third kappa shape index (κ3) is 2.60. The van der Waals surface area contributed by atoms with Crippen LogP contribution in [0.3, 0.4) is 0 Å². The highest BCUT2D eigenvalue weighted by Gasteiger charge is 2.44. The summed E-state index contributed by atoms with van der Waals surface area (Å²) in [5.41, 5.74) is 0.748. The zero-order valence-corrected chi connectivity index (χ0v) is 15.3. The monoisotopic (exact) mass is 396 g/mol. The van der Waals surface area contributed by atoms with Crippen LogP contribution in [0.25, 0.3) is 0 Å². The fourth-order valence-electron chi connectivity index (χ4n) is 3.24. The van der Waals surface area contributed by atoms with Gasteiger partial charge in [0.25, 0.3) is 21.8 Å². The van der Waals surface area contributed by atoms with Crippen LogP contribution in [0.15, 0.2) is 40.6 Å². The summed E-state index contributed by atoms with van der Waals surface area (Å²) in [6.07, 6.45) is 0.420. The second-order valence-electron chi connectivity index (χ2n) is 5.89. The average molecular weight is 397 g/mol. The molecule has 2 aliphatic rings. The van der Waals surface area contributed by atoms with Gasteiger partial charge in [0.05, 0.1) is 21.5 Å². The molecule has 0 spiro atoms. The molecule has 0 saturated carbocycles. The molecule has 1 aromatic carbocycles. The lowest BCUT2D eigenvalue weighted by Crippen LogP contribution is -2.42. The topological polar surface area (TPSA) is 74.8 Å². The first-order valence-corrected chi connectivity index (χ1v) is 10.3. The highest BCUT2D eigenvalue weighted by atomic mass is 35.5. The third-order valence-electron chi connectivity index (χ3n) is 4.46. The van der Waals surface area contributed by atoms with Crippen molar-refractivity contribution in [3.8, 4) is 0 Å². The number of imide groups is 1. The van der Waals surface area contributed by atoms with Crippen molar-refractivity contribution in [2.75, 3.05) is 13.1 Å². The smallest absolute Gasteiger partial charge is 0.261 e.